The summed E-state index contributed by atoms with van der Waals surface area (Å²) in [5.74, 6) is -3.30. The summed E-state index contributed by atoms with van der Waals surface area (Å²) in [6.45, 7) is 3.37. The van der Waals surface area contributed by atoms with E-state index >= 15 is 0 Å². The lowest BCUT2D eigenvalue weighted by atomic mass is 9.74. The molecule has 3 atom stereocenters. The third kappa shape index (κ3) is 4.87. The number of H-pyrrole nitrogens is 1. The van der Waals surface area contributed by atoms with Crippen LogP contribution in [0.1, 0.15) is 37.1 Å². The fourth-order valence-corrected chi connectivity index (χ4v) is 4.28. The minimum absolute atomic E-state index is 0.0449. The minimum Gasteiger partial charge on any atom is -0.468 e. The number of esters is 2. The lowest BCUT2D eigenvalue weighted by molar-refractivity contribution is -0.144. The average molecular weight is 489 g/mol. The van der Waals surface area contributed by atoms with Crippen LogP contribution in [0.4, 0.5) is 5.95 Å². The second-order valence-corrected chi connectivity index (χ2v) is 7.85. The van der Waals surface area contributed by atoms with Crippen LogP contribution in [0.25, 0.3) is 0 Å². The predicted molar refractivity (Wildman–Crippen MR) is 125 cm³/mol. The number of aromatic nitrogens is 2. The first-order chi connectivity index (χ1) is 16.2. The monoisotopic (exact) mass is 488 g/mol. The molecule has 2 heterocycles. The number of ether oxygens (including phenoxy) is 3. The maximum absolute atomic E-state index is 13.3. The molecule has 0 bridgehead atoms. The Bertz CT molecular complexity index is 1220. The molecule has 34 heavy (non-hydrogen) atoms. The van der Waals surface area contributed by atoms with Gasteiger partial charge in [-0.1, -0.05) is 29.8 Å². The van der Waals surface area contributed by atoms with E-state index < -0.39 is 35.4 Å². The van der Waals surface area contributed by atoms with Crippen LogP contribution in [0.2, 0.25) is 5.02 Å². The van der Waals surface area contributed by atoms with E-state index in [0.717, 1.165) is 0 Å². The Morgan fingerprint density at radius 3 is 2.56 bits per heavy atom. The normalized spacial score (nSPS) is 18.8. The van der Waals surface area contributed by atoms with Crippen molar-refractivity contribution in [3.63, 3.8) is 0 Å². The summed E-state index contributed by atoms with van der Waals surface area (Å²) in [7, 11) is 2.63. The summed E-state index contributed by atoms with van der Waals surface area (Å²) in [5, 5.41) is 0.338. The zero-order valence-corrected chi connectivity index (χ0v) is 19.9. The predicted octanol–water partition coefficient (Wildman–Crippen LogP) is 2.56. The Balaban J connectivity index is 2.37. The molecule has 0 spiro atoms. The van der Waals surface area contributed by atoms with Crippen molar-refractivity contribution in [2.75, 3.05) is 26.6 Å². The zero-order chi connectivity index (χ0) is 25.0. The number of benzene rings is 1. The molecule has 10 nitrogen and oxygen atoms in total. The number of halogens is 1. The molecule has 1 aromatic heterocycles. The van der Waals surface area contributed by atoms with Gasteiger partial charge < -0.3 is 19.9 Å². The molecular formula is C23H25ClN4O6. The number of carbonyl (C=O) groups excluding carboxylic acids is 2. The molecule has 2 aromatic rings. The number of nitrogens with two attached hydrogens (primary N) is 1. The number of aliphatic imine (C=N–C) groups is 1. The Morgan fingerprint density at radius 1 is 1.26 bits per heavy atom. The van der Waals surface area contributed by atoms with Gasteiger partial charge in [-0.2, -0.15) is 0 Å². The van der Waals surface area contributed by atoms with Crippen LogP contribution in [0.5, 0.6) is 0 Å². The van der Waals surface area contributed by atoms with Gasteiger partial charge in [0.05, 0.1) is 30.7 Å². The van der Waals surface area contributed by atoms with Crippen LogP contribution in [-0.2, 0) is 23.8 Å². The third-order valence-corrected chi connectivity index (χ3v) is 5.73. The van der Waals surface area contributed by atoms with Crippen molar-refractivity contribution in [3.8, 4) is 0 Å². The van der Waals surface area contributed by atoms with E-state index in [0.29, 0.717) is 16.3 Å². The second kappa shape index (κ2) is 10.6. The van der Waals surface area contributed by atoms with Gasteiger partial charge in [0.1, 0.15) is 12.0 Å². The summed E-state index contributed by atoms with van der Waals surface area (Å²) in [6, 6.07) is 8.04. The molecule has 11 heteroatoms. The lowest BCUT2D eigenvalue weighted by Crippen LogP contribution is -2.37. The molecule has 1 aliphatic heterocycles. The van der Waals surface area contributed by atoms with Gasteiger partial charge in [-0.3, -0.25) is 19.6 Å². The highest BCUT2D eigenvalue weighted by molar-refractivity contribution is 6.31. The first kappa shape index (κ1) is 25.1. The number of anilines is 1. The van der Waals surface area contributed by atoms with Crippen LogP contribution in [0.15, 0.2) is 51.4 Å². The van der Waals surface area contributed by atoms with E-state index in [1.807, 2.05) is 0 Å². The SMILES string of the molecule is CCOC(=O)C1=C(C(OC)c2cc(=O)[nH]c(N)n2)N=C(C)C(C(=O)OC)C1c1ccccc1Cl. The Kier molecular flexibility index (Phi) is 7.85. The molecular weight excluding hydrogens is 464 g/mol. The van der Waals surface area contributed by atoms with Gasteiger partial charge in [0.15, 0.2) is 0 Å². The standard InChI is InChI=1S/C23H25ClN4O6/c1-5-34-22(31)18-17(12-8-6-7-9-13(12)24)16(21(30)33-4)11(2)26-19(18)20(32-3)14-10-15(29)28-23(25)27-14/h6-10,16-17,20H,5H2,1-4H3,(H3,25,27,28,29). The largest absolute Gasteiger partial charge is 0.468 e. The van der Waals surface area contributed by atoms with Gasteiger partial charge in [-0.15, -0.1) is 0 Å². The van der Waals surface area contributed by atoms with Crippen LogP contribution >= 0.6 is 11.6 Å². The summed E-state index contributed by atoms with van der Waals surface area (Å²) in [4.78, 5) is 49.3. The molecule has 0 saturated carbocycles. The average Bonchev–Trinajstić information content (AvgIpc) is 2.78. The molecule has 3 rings (SSSR count). The Hall–Kier alpha value is -3.50. The number of nitrogen functional groups attached to an aromatic ring is 1. The molecule has 0 aliphatic carbocycles. The van der Waals surface area contributed by atoms with Gasteiger partial charge >= 0.3 is 11.9 Å². The highest BCUT2D eigenvalue weighted by Gasteiger charge is 2.45. The zero-order valence-electron chi connectivity index (χ0n) is 19.1. The number of hydrogen-bond acceptors (Lipinski definition) is 9. The van der Waals surface area contributed by atoms with Crippen LogP contribution in [0, 0.1) is 5.92 Å². The number of aromatic amines is 1. The number of carbonyl (C=O) groups is 2. The van der Waals surface area contributed by atoms with E-state index in [-0.39, 0.29) is 29.5 Å². The van der Waals surface area contributed by atoms with Gasteiger partial charge in [-0.25, -0.2) is 9.78 Å². The van der Waals surface area contributed by atoms with E-state index in [1.54, 1.807) is 38.1 Å². The molecule has 0 saturated heterocycles. The molecule has 0 amide bonds. The summed E-state index contributed by atoms with van der Waals surface area (Å²) in [6.07, 6.45) is -1.07. The van der Waals surface area contributed by atoms with Crippen molar-refractivity contribution >= 4 is 35.2 Å². The summed E-state index contributed by atoms with van der Waals surface area (Å²) < 4.78 is 16.0. The molecule has 3 N–H and O–H groups in total. The number of rotatable bonds is 7. The molecule has 1 aliphatic rings. The molecule has 1 aromatic carbocycles. The first-order valence-corrected chi connectivity index (χ1v) is 10.8. The maximum atomic E-state index is 13.3. The maximum Gasteiger partial charge on any atom is 0.336 e. The number of methoxy groups -OCH3 is 2. The van der Waals surface area contributed by atoms with Crippen molar-refractivity contribution in [1.29, 1.82) is 0 Å². The number of nitrogens with zero attached hydrogens (tertiary/aromatic N) is 2. The van der Waals surface area contributed by atoms with Crippen LogP contribution in [0.3, 0.4) is 0 Å². The molecule has 3 unspecified atom stereocenters. The van der Waals surface area contributed by atoms with Crippen molar-refractivity contribution in [3.05, 3.63) is 68.2 Å². The molecule has 0 fully saturated rings. The second-order valence-electron chi connectivity index (χ2n) is 7.44. The lowest BCUT2D eigenvalue weighted by Gasteiger charge is -2.34. The smallest absolute Gasteiger partial charge is 0.336 e. The van der Waals surface area contributed by atoms with E-state index in [9.17, 15) is 14.4 Å². The Labute approximate surface area is 200 Å². The minimum atomic E-state index is -1.07. The van der Waals surface area contributed by atoms with Crippen molar-refractivity contribution in [1.82, 2.24) is 9.97 Å². The summed E-state index contributed by atoms with van der Waals surface area (Å²) >= 11 is 6.51. The third-order valence-electron chi connectivity index (χ3n) is 5.39. The summed E-state index contributed by atoms with van der Waals surface area (Å²) in [5.41, 5.74) is 6.38. The highest BCUT2D eigenvalue weighted by atomic mass is 35.5. The van der Waals surface area contributed by atoms with E-state index in [2.05, 4.69) is 15.0 Å². The van der Waals surface area contributed by atoms with Gasteiger partial charge in [0.25, 0.3) is 5.56 Å². The van der Waals surface area contributed by atoms with Crippen LogP contribution in [-0.4, -0.2) is 48.4 Å². The first-order valence-electron chi connectivity index (χ1n) is 10.4. The fraction of sp³-hybridized carbons (Fsp3) is 0.348. The van der Waals surface area contributed by atoms with Crippen LogP contribution < -0.4 is 11.3 Å². The van der Waals surface area contributed by atoms with Gasteiger partial charge in [-0.05, 0) is 25.5 Å². The molecule has 180 valence electrons. The van der Waals surface area contributed by atoms with E-state index in [4.69, 9.17) is 31.5 Å². The number of nitrogens with one attached hydrogen (secondary N) is 1. The highest BCUT2D eigenvalue weighted by Crippen LogP contribution is 2.45. The fourth-order valence-electron chi connectivity index (χ4n) is 4.03. The molecule has 0 radical (unpaired) electrons. The van der Waals surface area contributed by atoms with E-state index in [1.165, 1.54) is 20.3 Å². The van der Waals surface area contributed by atoms with Crippen molar-refractivity contribution in [2.24, 2.45) is 10.9 Å². The quantitative estimate of drug-likeness (QED) is 0.565. The van der Waals surface area contributed by atoms with Crippen molar-refractivity contribution in [2.45, 2.75) is 25.9 Å². The van der Waals surface area contributed by atoms with Crippen molar-refractivity contribution < 1.29 is 23.8 Å². The van der Waals surface area contributed by atoms with Gasteiger partial charge in [0.2, 0.25) is 5.95 Å². The Morgan fingerprint density at radius 2 is 1.97 bits per heavy atom. The van der Waals surface area contributed by atoms with Gasteiger partial charge in [0, 0.05) is 29.8 Å². The topological polar surface area (TPSA) is 146 Å². The number of hydrogen-bond donors (Lipinski definition) is 2.